The number of aromatic nitrogens is 2. The van der Waals surface area contributed by atoms with E-state index in [9.17, 15) is 8.42 Å². The maximum Gasteiger partial charge on any atom is 0.151 e. The molecule has 1 fully saturated rings. The van der Waals surface area contributed by atoms with Gasteiger partial charge in [-0.25, -0.2) is 18.4 Å². The van der Waals surface area contributed by atoms with Crippen LogP contribution in [0, 0.1) is 0 Å². The largest absolute Gasteiger partial charge is 0.313 e. The Labute approximate surface area is 102 Å². The van der Waals surface area contributed by atoms with Crippen molar-refractivity contribution < 1.29 is 8.42 Å². The molecule has 0 aliphatic carbocycles. The molecule has 0 spiro atoms. The minimum absolute atomic E-state index is 0.0202. The van der Waals surface area contributed by atoms with Crippen molar-refractivity contribution in [3.05, 3.63) is 23.8 Å². The molecule has 0 saturated carbocycles. The minimum Gasteiger partial charge on any atom is -0.313 e. The van der Waals surface area contributed by atoms with Gasteiger partial charge in [-0.3, -0.25) is 0 Å². The van der Waals surface area contributed by atoms with Crippen LogP contribution in [0.3, 0.4) is 0 Å². The van der Waals surface area contributed by atoms with E-state index >= 15 is 0 Å². The van der Waals surface area contributed by atoms with Crippen LogP contribution in [0.5, 0.6) is 0 Å². The van der Waals surface area contributed by atoms with Crippen LogP contribution < -0.4 is 5.32 Å². The summed E-state index contributed by atoms with van der Waals surface area (Å²) in [4.78, 5) is 8.53. The minimum atomic E-state index is -2.86. The van der Waals surface area contributed by atoms with Gasteiger partial charge in [0.05, 0.1) is 11.5 Å². The van der Waals surface area contributed by atoms with E-state index in [0.717, 1.165) is 18.7 Å². The third kappa shape index (κ3) is 3.23. The van der Waals surface area contributed by atoms with Gasteiger partial charge in [0.25, 0.3) is 0 Å². The predicted octanol–water partition coefficient (Wildman–Crippen LogP) is 0.488. The molecule has 94 valence electrons. The summed E-state index contributed by atoms with van der Waals surface area (Å²) in [5.41, 5.74) is 1.02. The summed E-state index contributed by atoms with van der Waals surface area (Å²) in [5, 5.41) is 3.19. The van der Waals surface area contributed by atoms with Gasteiger partial charge in [-0.15, -0.1) is 0 Å². The highest BCUT2D eigenvalue weighted by atomic mass is 32.2. The molecule has 17 heavy (non-hydrogen) atoms. The van der Waals surface area contributed by atoms with Gasteiger partial charge < -0.3 is 5.32 Å². The van der Waals surface area contributed by atoms with Crippen molar-refractivity contribution in [1.29, 1.82) is 0 Å². The number of hydrogen-bond acceptors (Lipinski definition) is 5. The maximum atomic E-state index is 11.4. The Balaban J connectivity index is 2.03. The number of nitrogens with one attached hydrogen (secondary N) is 1. The average molecular weight is 255 g/mol. The monoisotopic (exact) mass is 255 g/mol. The van der Waals surface area contributed by atoms with E-state index in [-0.39, 0.29) is 17.4 Å². The van der Waals surface area contributed by atoms with E-state index in [2.05, 4.69) is 15.3 Å². The number of hydrogen-bond donors (Lipinski definition) is 1. The van der Waals surface area contributed by atoms with Gasteiger partial charge >= 0.3 is 0 Å². The van der Waals surface area contributed by atoms with Crippen molar-refractivity contribution in [1.82, 2.24) is 15.3 Å². The first-order chi connectivity index (χ1) is 8.11. The van der Waals surface area contributed by atoms with Crippen LogP contribution >= 0.6 is 0 Å². The topological polar surface area (TPSA) is 72.0 Å². The van der Waals surface area contributed by atoms with Crippen molar-refractivity contribution in [2.24, 2.45) is 0 Å². The highest BCUT2D eigenvalue weighted by Gasteiger charge is 2.30. The van der Waals surface area contributed by atoms with Gasteiger partial charge in [-0.1, -0.05) is 6.92 Å². The first-order valence-electron chi connectivity index (χ1n) is 5.82. The molecular weight excluding hydrogens is 238 g/mol. The Morgan fingerprint density at radius 2 is 2.12 bits per heavy atom. The number of sulfone groups is 1. The number of rotatable bonds is 4. The molecule has 1 aromatic heterocycles. The molecule has 0 radical (unpaired) electrons. The molecule has 0 amide bonds. The molecule has 1 atom stereocenters. The summed E-state index contributed by atoms with van der Waals surface area (Å²) in [6.07, 6.45) is 4.20. The summed E-state index contributed by atoms with van der Waals surface area (Å²) < 4.78 is 22.7. The highest BCUT2D eigenvalue weighted by Crippen LogP contribution is 2.25. The van der Waals surface area contributed by atoms with E-state index in [0.29, 0.717) is 12.2 Å². The molecular formula is C11H17N3O2S. The van der Waals surface area contributed by atoms with Gasteiger partial charge in [-0.05, 0) is 13.0 Å². The van der Waals surface area contributed by atoms with Gasteiger partial charge in [0.2, 0.25) is 0 Å². The normalized spacial score (nSPS) is 22.8. The van der Waals surface area contributed by atoms with Crippen LogP contribution in [0.1, 0.15) is 30.7 Å². The smallest absolute Gasteiger partial charge is 0.151 e. The summed E-state index contributed by atoms with van der Waals surface area (Å²) in [7, 11) is -2.86. The van der Waals surface area contributed by atoms with Crippen LogP contribution in [-0.4, -0.2) is 36.4 Å². The zero-order chi connectivity index (χ0) is 12.3. The lowest BCUT2D eigenvalue weighted by Crippen LogP contribution is -2.13. The summed E-state index contributed by atoms with van der Waals surface area (Å²) in [6, 6.07) is 0. The molecule has 1 aliphatic rings. The first kappa shape index (κ1) is 12.4. The number of nitrogens with zero attached hydrogens (tertiary/aromatic N) is 2. The molecule has 0 bridgehead atoms. The lowest BCUT2D eigenvalue weighted by Gasteiger charge is -2.07. The lowest BCUT2D eigenvalue weighted by molar-refractivity contribution is 0.601. The standard InChI is InChI=1S/C11H17N3O2S/c1-2-12-5-9-6-13-11(14-7-9)10-3-4-17(15,16)8-10/h6-7,10,12H,2-5,8H2,1H3. The molecule has 1 N–H and O–H groups in total. The lowest BCUT2D eigenvalue weighted by atomic mass is 10.1. The van der Waals surface area contributed by atoms with E-state index in [1.165, 1.54) is 0 Å². The van der Waals surface area contributed by atoms with Crippen molar-refractivity contribution in [3.63, 3.8) is 0 Å². The fraction of sp³-hybridized carbons (Fsp3) is 0.636. The molecule has 0 aromatic carbocycles. The molecule has 1 aromatic rings. The van der Waals surface area contributed by atoms with Crippen LogP contribution in [-0.2, 0) is 16.4 Å². The fourth-order valence-corrected chi connectivity index (χ4v) is 3.67. The molecule has 1 aliphatic heterocycles. The maximum absolute atomic E-state index is 11.4. The summed E-state index contributed by atoms with van der Waals surface area (Å²) in [6.45, 7) is 3.70. The Morgan fingerprint density at radius 3 is 2.65 bits per heavy atom. The third-order valence-corrected chi connectivity index (χ3v) is 4.67. The highest BCUT2D eigenvalue weighted by molar-refractivity contribution is 7.91. The SMILES string of the molecule is CCNCc1cnc(C2CCS(=O)(=O)C2)nc1. The predicted molar refractivity (Wildman–Crippen MR) is 65.4 cm³/mol. The Morgan fingerprint density at radius 1 is 1.41 bits per heavy atom. The van der Waals surface area contributed by atoms with Gasteiger partial charge in [-0.2, -0.15) is 0 Å². The van der Waals surface area contributed by atoms with Gasteiger partial charge in [0.15, 0.2) is 9.84 Å². The first-order valence-corrected chi connectivity index (χ1v) is 7.65. The molecule has 2 rings (SSSR count). The van der Waals surface area contributed by atoms with Crippen molar-refractivity contribution in [3.8, 4) is 0 Å². The van der Waals surface area contributed by atoms with Crippen molar-refractivity contribution >= 4 is 9.84 Å². The van der Waals surface area contributed by atoms with E-state index in [4.69, 9.17) is 0 Å². The Hall–Kier alpha value is -1.01. The van der Waals surface area contributed by atoms with Crippen molar-refractivity contribution in [2.45, 2.75) is 25.8 Å². The summed E-state index contributed by atoms with van der Waals surface area (Å²) in [5.74, 6) is 1.10. The average Bonchev–Trinajstić information content (AvgIpc) is 2.68. The van der Waals surface area contributed by atoms with Crippen LogP contribution in [0.15, 0.2) is 12.4 Å². The van der Waals surface area contributed by atoms with E-state index in [1.807, 2.05) is 6.92 Å². The Kier molecular flexibility index (Phi) is 3.73. The quantitative estimate of drug-likeness (QED) is 0.847. The zero-order valence-corrected chi connectivity index (χ0v) is 10.7. The molecule has 1 unspecified atom stereocenters. The second-order valence-electron chi connectivity index (χ2n) is 4.33. The summed E-state index contributed by atoms with van der Waals surface area (Å²) >= 11 is 0. The Bertz CT molecular complexity index is 470. The van der Waals surface area contributed by atoms with Crippen LogP contribution in [0.2, 0.25) is 0 Å². The molecule has 5 nitrogen and oxygen atoms in total. The van der Waals surface area contributed by atoms with Crippen LogP contribution in [0.25, 0.3) is 0 Å². The van der Waals surface area contributed by atoms with E-state index in [1.54, 1.807) is 12.4 Å². The van der Waals surface area contributed by atoms with Gasteiger partial charge in [0, 0.05) is 30.4 Å². The van der Waals surface area contributed by atoms with Gasteiger partial charge in [0.1, 0.15) is 5.82 Å². The molecule has 1 saturated heterocycles. The fourth-order valence-electron chi connectivity index (χ4n) is 1.93. The molecule has 6 heteroatoms. The second kappa shape index (κ2) is 5.10. The van der Waals surface area contributed by atoms with E-state index < -0.39 is 9.84 Å². The van der Waals surface area contributed by atoms with Crippen molar-refractivity contribution in [2.75, 3.05) is 18.1 Å². The van der Waals surface area contributed by atoms with Crippen LogP contribution in [0.4, 0.5) is 0 Å². The third-order valence-electron chi connectivity index (χ3n) is 2.90. The second-order valence-corrected chi connectivity index (χ2v) is 6.56. The molecule has 2 heterocycles. The zero-order valence-electron chi connectivity index (χ0n) is 9.89.